The van der Waals surface area contributed by atoms with Crippen LogP contribution in [0.3, 0.4) is 0 Å². The van der Waals surface area contributed by atoms with Crippen LogP contribution in [0.1, 0.15) is 66.2 Å². The minimum Gasteiger partial charge on any atom is -0.485 e. The number of hydrogen-bond acceptors (Lipinski definition) is 8. The topological polar surface area (TPSA) is 105 Å². The second kappa shape index (κ2) is 12.7. The van der Waals surface area contributed by atoms with Gasteiger partial charge in [0.25, 0.3) is 23.9 Å². The van der Waals surface area contributed by atoms with Crippen molar-refractivity contribution < 1.29 is 36.9 Å². The molecule has 0 aliphatic heterocycles. The van der Waals surface area contributed by atoms with Crippen LogP contribution in [0.4, 0.5) is 0 Å². The summed E-state index contributed by atoms with van der Waals surface area (Å²) < 4.78 is 21.1. The largest absolute Gasteiger partial charge is 0.485 e. The summed E-state index contributed by atoms with van der Waals surface area (Å²) in [5.41, 5.74) is 0. The molecular weight excluding hydrogens is 400 g/mol. The lowest BCUT2D eigenvalue weighted by Crippen LogP contribution is -2.41. The van der Waals surface area contributed by atoms with Gasteiger partial charge in [-0.2, -0.15) is 0 Å². The van der Waals surface area contributed by atoms with E-state index in [1.165, 1.54) is 27.7 Å². The van der Waals surface area contributed by atoms with E-state index < -0.39 is 41.0 Å². The maximum Gasteiger partial charge on any atom is 0.461 e. The van der Waals surface area contributed by atoms with Crippen LogP contribution >= 0.6 is 0 Å². The third-order valence-corrected chi connectivity index (χ3v) is 9.35. The molecule has 0 aromatic heterocycles. The van der Waals surface area contributed by atoms with E-state index >= 15 is 0 Å². The third-order valence-electron chi connectivity index (χ3n) is 3.95. The molecule has 8 nitrogen and oxygen atoms in total. The van der Waals surface area contributed by atoms with E-state index in [4.69, 9.17) is 17.7 Å². The van der Waals surface area contributed by atoms with Gasteiger partial charge < -0.3 is 17.7 Å². The molecule has 0 saturated carbocycles. The maximum atomic E-state index is 11.2. The van der Waals surface area contributed by atoms with Gasteiger partial charge >= 0.3 is 17.1 Å². The molecule has 0 amide bonds. The molecule has 28 heavy (non-hydrogen) atoms. The van der Waals surface area contributed by atoms with E-state index in [2.05, 4.69) is 0 Å². The summed E-state index contributed by atoms with van der Waals surface area (Å²) in [4.78, 5) is 44.9. The predicted molar refractivity (Wildman–Crippen MR) is 108 cm³/mol. The average molecular weight is 435 g/mol. The van der Waals surface area contributed by atoms with E-state index in [1.54, 1.807) is 13.1 Å². The lowest BCUT2D eigenvalue weighted by atomic mass is 10.1. The fourth-order valence-electron chi connectivity index (χ4n) is 3.06. The number of carbonyl (C=O) groups excluding carboxylic acids is 4. The molecule has 0 saturated heterocycles. The van der Waals surface area contributed by atoms with Crippen molar-refractivity contribution >= 4 is 41.0 Å². The summed E-state index contributed by atoms with van der Waals surface area (Å²) in [5.74, 6) is -1.71. The summed E-state index contributed by atoms with van der Waals surface area (Å²) in [6.45, 7) is 8.72. The van der Waals surface area contributed by atoms with E-state index in [0.717, 1.165) is 38.5 Å². The van der Waals surface area contributed by atoms with E-state index in [-0.39, 0.29) is 0 Å². The molecule has 0 unspecified atom stereocenters. The Balaban J connectivity index is 4.15. The summed E-state index contributed by atoms with van der Waals surface area (Å²) in [6.07, 6.45) is 5.49. The first-order chi connectivity index (χ1) is 12.9. The Morgan fingerprint density at radius 2 is 0.714 bits per heavy atom. The number of hydrogen-bond donors (Lipinski definition) is 0. The highest BCUT2D eigenvalue weighted by Gasteiger charge is 2.38. The van der Waals surface area contributed by atoms with Gasteiger partial charge in [-0.25, -0.2) is 0 Å². The first-order valence-corrected chi connectivity index (χ1v) is 14.7. The van der Waals surface area contributed by atoms with Gasteiger partial charge in [0.1, 0.15) is 0 Å². The molecule has 0 fully saturated rings. The van der Waals surface area contributed by atoms with Gasteiger partial charge in [0.2, 0.25) is 0 Å². The standard InChI is InChI=1S/C18H34O8Si2/c1-15(19)23-27(5,24-16(2)20)13-11-9-7-8-10-12-14-28(6,25-17(3)21)26-18(4)22/h7-14H2,1-6H3. The van der Waals surface area contributed by atoms with Gasteiger partial charge in [0.05, 0.1) is 0 Å². The van der Waals surface area contributed by atoms with Crippen LogP contribution in [-0.4, -0.2) is 41.0 Å². The molecule has 0 heterocycles. The molecule has 10 heteroatoms. The van der Waals surface area contributed by atoms with Gasteiger partial charge in [0.15, 0.2) is 0 Å². The zero-order valence-electron chi connectivity index (χ0n) is 17.9. The second-order valence-corrected chi connectivity index (χ2v) is 13.6. The molecular formula is C18H34O8Si2. The van der Waals surface area contributed by atoms with Crippen molar-refractivity contribution in [2.75, 3.05) is 0 Å². The maximum absolute atomic E-state index is 11.2. The molecule has 0 N–H and O–H groups in total. The first-order valence-electron chi connectivity index (χ1n) is 9.66. The van der Waals surface area contributed by atoms with Gasteiger partial charge in [-0.1, -0.05) is 25.7 Å². The van der Waals surface area contributed by atoms with Crippen molar-refractivity contribution in [1.82, 2.24) is 0 Å². The Morgan fingerprint density at radius 1 is 0.500 bits per heavy atom. The van der Waals surface area contributed by atoms with Crippen LogP contribution in [0.15, 0.2) is 0 Å². The van der Waals surface area contributed by atoms with Gasteiger partial charge in [-0.05, 0) is 12.8 Å². The molecule has 0 aliphatic rings. The van der Waals surface area contributed by atoms with Crippen molar-refractivity contribution in [2.45, 2.75) is 91.4 Å². The van der Waals surface area contributed by atoms with Crippen LogP contribution in [0.5, 0.6) is 0 Å². The van der Waals surface area contributed by atoms with Crippen LogP contribution in [0.2, 0.25) is 25.2 Å². The summed E-state index contributed by atoms with van der Waals surface area (Å²) >= 11 is 0. The van der Waals surface area contributed by atoms with Gasteiger partial charge in [0, 0.05) is 52.9 Å². The minimum absolute atomic E-state index is 0.428. The molecule has 162 valence electrons. The lowest BCUT2D eigenvalue weighted by molar-refractivity contribution is -0.141. The zero-order chi connectivity index (χ0) is 21.8. The quantitative estimate of drug-likeness (QED) is 0.319. The third kappa shape index (κ3) is 13.5. The van der Waals surface area contributed by atoms with E-state index in [0.29, 0.717) is 12.1 Å². The molecule has 0 rings (SSSR count). The molecule has 0 aromatic carbocycles. The summed E-state index contributed by atoms with van der Waals surface area (Å²) in [7, 11) is -5.60. The second-order valence-electron chi connectivity index (χ2n) is 7.26. The van der Waals surface area contributed by atoms with Crippen molar-refractivity contribution in [3.63, 3.8) is 0 Å². The SMILES string of the molecule is CC(=O)O[Si](C)(CCCCCCCC[Si](C)(OC(C)=O)OC(C)=O)OC(C)=O. The van der Waals surface area contributed by atoms with E-state index in [1.807, 2.05) is 0 Å². The van der Waals surface area contributed by atoms with Crippen LogP contribution < -0.4 is 0 Å². The molecule has 0 bridgehead atoms. The van der Waals surface area contributed by atoms with Crippen molar-refractivity contribution in [3.8, 4) is 0 Å². The Bertz CT molecular complexity index is 470. The summed E-state index contributed by atoms with van der Waals surface area (Å²) in [6, 6.07) is 1.16. The normalized spacial score (nSPS) is 11.5. The Kier molecular flexibility index (Phi) is 11.9. The zero-order valence-corrected chi connectivity index (χ0v) is 19.9. The summed E-state index contributed by atoms with van der Waals surface area (Å²) in [5, 5.41) is 0. The Morgan fingerprint density at radius 3 is 0.929 bits per heavy atom. The van der Waals surface area contributed by atoms with Gasteiger partial charge in [-0.3, -0.25) is 19.2 Å². The molecule has 0 spiro atoms. The monoisotopic (exact) mass is 434 g/mol. The molecule has 0 atom stereocenters. The highest BCUT2D eigenvalue weighted by Crippen LogP contribution is 2.22. The number of carbonyl (C=O) groups is 4. The van der Waals surface area contributed by atoms with Crippen LogP contribution in [0.25, 0.3) is 0 Å². The van der Waals surface area contributed by atoms with Gasteiger partial charge in [-0.15, -0.1) is 0 Å². The lowest BCUT2D eigenvalue weighted by Gasteiger charge is -2.25. The Labute approximate surface area is 169 Å². The van der Waals surface area contributed by atoms with Crippen LogP contribution in [0, 0.1) is 0 Å². The number of rotatable bonds is 13. The minimum atomic E-state index is -2.80. The average Bonchev–Trinajstić information content (AvgIpc) is 2.46. The van der Waals surface area contributed by atoms with E-state index in [9.17, 15) is 19.2 Å². The molecule has 0 aromatic rings. The molecule has 0 radical (unpaired) electrons. The number of unbranched alkanes of at least 4 members (excludes halogenated alkanes) is 5. The predicted octanol–water partition coefficient (Wildman–Crippen LogP) is 3.72. The Hall–Kier alpha value is -1.69. The fraction of sp³-hybridized carbons (Fsp3) is 0.778. The smallest absolute Gasteiger partial charge is 0.461 e. The van der Waals surface area contributed by atoms with Crippen LogP contribution in [-0.2, 0) is 36.9 Å². The van der Waals surface area contributed by atoms with Crippen molar-refractivity contribution in [1.29, 1.82) is 0 Å². The molecule has 0 aliphatic carbocycles. The first kappa shape index (κ1) is 26.3. The van der Waals surface area contributed by atoms with Crippen molar-refractivity contribution in [2.24, 2.45) is 0 Å². The fourth-order valence-corrected chi connectivity index (χ4v) is 7.77. The highest BCUT2D eigenvalue weighted by atomic mass is 28.4. The van der Waals surface area contributed by atoms with Crippen molar-refractivity contribution in [3.05, 3.63) is 0 Å². The highest BCUT2D eigenvalue weighted by molar-refractivity contribution is 6.69.